The van der Waals surface area contributed by atoms with Crippen molar-refractivity contribution >= 4 is 28.9 Å². The minimum atomic E-state index is -0.307. The lowest BCUT2D eigenvalue weighted by atomic mass is 10.1. The Bertz CT molecular complexity index is 826. The topological polar surface area (TPSA) is 71.0 Å². The van der Waals surface area contributed by atoms with Gasteiger partial charge in [0.1, 0.15) is 11.5 Å². The summed E-state index contributed by atoms with van der Waals surface area (Å²) in [6, 6.07) is 14.6. The van der Waals surface area contributed by atoms with E-state index in [0.29, 0.717) is 30.1 Å². The van der Waals surface area contributed by atoms with E-state index in [2.05, 4.69) is 10.4 Å². The van der Waals surface area contributed by atoms with Gasteiger partial charge >= 0.3 is 0 Å². The Morgan fingerprint density at radius 3 is 2.46 bits per heavy atom. The lowest BCUT2D eigenvalue weighted by molar-refractivity contribution is -0.118. The molecule has 1 aliphatic heterocycles. The molecule has 0 saturated heterocycles. The van der Waals surface area contributed by atoms with Crippen LogP contribution in [0.5, 0.6) is 5.75 Å². The lowest BCUT2D eigenvalue weighted by Gasteiger charge is -2.23. The number of ether oxygens (including phenoxy) is 1. The van der Waals surface area contributed by atoms with Gasteiger partial charge in [0, 0.05) is 18.5 Å². The maximum absolute atomic E-state index is 12.5. The Labute approximate surface area is 152 Å². The summed E-state index contributed by atoms with van der Waals surface area (Å²) in [7, 11) is 0. The van der Waals surface area contributed by atoms with E-state index >= 15 is 0 Å². The summed E-state index contributed by atoms with van der Waals surface area (Å²) in [5.41, 5.74) is 2.74. The van der Waals surface area contributed by atoms with Crippen LogP contribution in [0.4, 0.5) is 11.4 Å². The van der Waals surface area contributed by atoms with E-state index < -0.39 is 0 Å². The van der Waals surface area contributed by atoms with Crippen molar-refractivity contribution in [3.8, 4) is 5.75 Å². The predicted octanol–water partition coefficient (Wildman–Crippen LogP) is 3.52. The summed E-state index contributed by atoms with van der Waals surface area (Å²) in [5.74, 6) is 0.321. The monoisotopic (exact) mass is 351 g/mol. The molecule has 3 rings (SSSR count). The molecule has 0 unspecified atom stereocenters. The second-order valence-corrected chi connectivity index (χ2v) is 6.00. The molecule has 2 amide bonds. The van der Waals surface area contributed by atoms with Gasteiger partial charge in [-0.2, -0.15) is 5.10 Å². The molecule has 0 radical (unpaired) electrons. The van der Waals surface area contributed by atoms with Crippen molar-refractivity contribution in [2.75, 3.05) is 16.9 Å². The van der Waals surface area contributed by atoms with Gasteiger partial charge in [0.2, 0.25) is 5.91 Å². The van der Waals surface area contributed by atoms with Gasteiger partial charge < -0.3 is 10.1 Å². The number of benzene rings is 2. The summed E-state index contributed by atoms with van der Waals surface area (Å²) in [6.07, 6.45) is 0.577. The molecule has 0 aliphatic carbocycles. The number of amides is 2. The SMILES string of the molecule is CCOc1ccc(NC(=O)C2=NN(c3ccc(C)cc3)C(=O)CC2)cc1. The molecule has 0 fully saturated rings. The molecule has 0 bridgehead atoms. The average molecular weight is 351 g/mol. The fourth-order valence-electron chi connectivity index (χ4n) is 2.61. The molecule has 2 aromatic rings. The van der Waals surface area contributed by atoms with Crippen LogP contribution in [-0.4, -0.2) is 24.1 Å². The summed E-state index contributed by atoms with van der Waals surface area (Å²) >= 11 is 0. The van der Waals surface area contributed by atoms with Crippen molar-refractivity contribution < 1.29 is 14.3 Å². The Balaban J connectivity index is 1.74. The molecule has 1 heterocycles. The van der Waals surface area contributed by atoms with Crippen LogP contribution in [0.2, 0.25) is 0 Å². The first kappa shape index (κ1) is 17.7. The highest BCUT2D eigenvalue weighted by Crippen LogP contribution is 2.21. The van der Waals surface area contributed by atoms with Crippen molar-refractivity contribution in [1.82, 2.24) is 0 Å². The maximum atomic E-state index is 12.5. The number of nitrogens with zero attached hydrogens (tertiary/aromatic N) is 2. The number of aryl methyl sites for hydroxylation is 1. The van der Waals surface area contributed by atoms with Crippen LogP contribution in [0.25, 0.3) is 0 Å². The largest absolute Gasteiger partial charge is 0.494 e. The molecule has 0 spiro atoms. The Morgan fingerprint density at radius 1 is 1.12 bits per heavy atom. The molecule has 0 atom stereocenters. The molecule has 6 nitrogen and oxygen atoms in total. The Kier molecular flexibility index (Phi) is 5.31. The summed E-state index contributed by atoms with van der Waals surface area (Å²) in [6.45, 7) is 4.48. The number of hydrogen-bond donors (Lipinski definition) is 1. The van der Waals surface area contributed by atoms with Gasteiger partial charge in [-0.25, -0.2) is 5.01 Å². The second-order valence-electron chi connectivity index (χ2n) is 6.00. The quantitative estimate of drug-likeness (QED) is 0.896. The average Bonchev–Trinajstić information content (AvgIpc) is 2.65. The van der Waals surface area contributed by atoms with Gasteiger partial charge in [0.05, 0.1) is 12.3 Å². The third-order valence-corrected chi connectivity index (χ3v) is 4.00. The Morgan fingerprint density at radius 2 is 1.81 bits per heavy atom. The van der Waals surface area contributed by atoms with Gasteiger partial charge in [0.15, 0.2) is 0 Å². The predicted molar refractivity (Wildman–Crippen MR) is 102 cm³/mol. The third kappa shape index (κ3) is 4.08. The minimum absolute atomic E-state index is 0.119. The smallest absolute Gasteiger partial charge is 0.271 e. The number of anilines is 2. The first-order valence-electron chi connectivity index (χ1n) is 8.58. The zero-order valence-electron chi connectivity index (χ0n) is 14.9. The summed E-state index contributed by atoms with van der Waals surface area (Å²) < 4.78 is 5.38. The molecule has 1 N–H and O–H groups in total. The molecule has 134 valence electrons. The van der Waals surface area contributed by atoms with Crippen LogP contribution < -0.4 is 15.1 Å². The van der Waals surface area contributed by atoms with E-state index in [4.69, 9.17) is 4.74 Å². The van der Waals surface area contributed by atoms with Crippen LogP contribution in [0.1, 0.15) is 25.3 Å². The molecular weight excluding hydrogens is 330 g/mol. The van der Waals surface area contributed by atoms with Crippen LogP contribution >= 0.6 is 0 Å². The van der Waals surface area contributed by atoms with Crippen molar-refractivity contribution in [1.29, 1.82) is 0 Å². The number of hydrazone groups is 1. The first-order valence-corrected chi connectivity index (χ1v) is 8.58. The van der Waals surface area contributed by atoms with E-state index in [0.717, 1.165) is 11.3 Å². The lowest BCUT2D eigenvalue weighted by Crippen LogP contribution is -2.36. The highest BCUT2D eigenvalue weighted by Gasteiger charge is 2.25. The highest BCUT2D eigenvalue weighted by atomic mass is 16.5. The van der Waals surface area contributed by atoms with Gasteiger partial charge in [0.25, 0.3) is 5.91 Å². The van der Waals surface area contributed by atoms with E-state index in [1.807, 2.05) is 38.1 Å². The van der Waals surface area contributed by atoms with Crippen molar-refractivity contribution in [2.45, 2.75) is 26.7 Å². The van der Waals surface area contributed by atoms with Gasteiger partial charge in [-0.05, 0) is 50.2 Å². The molecule has 0 saturated carbocycles. The van der Waals surface area contributed by atoms with Crippen LogP contribution in [0.3, 0.4) is 0 Å². The minimum Gasteiger partial charge on any atom is -0.494 e. The van der Waals surface area contributed by atoms with Crippen LogP contribution in [-0.2, 0) is 9.59 Å². The van der Waals surface area contributed by atoms with E-state index in [1.54, 1.807) is 24.3 Å². The zero-order valence-corrected chi connectivity index (χ0v) is 14.9. The first-order chi connectivity index (χ1) is 12.6. The number of hydrogen-bond acceptors (Lipinski definition) is 4. The molecule has 1 aliphatic rings. The van der Waals surface area contributed by atoms with Crippen molar-refractivity contribution in [3.63, 3.8) is 0 Å². The number of carbonyl (C=O) groups excluding carboxylic acids is 2. The number of rotatable bonds is 5. The summed E-state index contributed by atoms with van der Waals surface area (Å²) in [5, 5.41) is 8.38. The van der Waals surface area contributed by atoms with E-state index in [9.17, 15) is 9.59 Å². The summed E-state index contributed by atoms with van der Waals surface area (Å²) in [4.78, 5) is 24.7. The number of carbonyl (C=O) groups is 2. The van der Waals surface area contributed by atoms with Crippen LogP contribution in [0.15, 0.2) is 53.6 Å². The third-order valence-electron chi connectivity index (χ3n) is 4.00. The molecule has 26 heavy (non-hydrogen) atoms. The molecular formula is C20H21N3O3. The fraction of sp³-hybridized carbons (Fsp3) is 0.250. The highest BCUT2D eigenvalue weighted by molar-refractivity contribution is 6.44. The van der Waals surface area contributed by atoms with E-state index in [-0.39, 0.29) is 18.2 Å². The maximum Gasteiger partial charge on any atom is 0.271 e. The van der Waals surface area contributed by atoms with Gasteiger partial charge in [-0.3, -0.25) is 9.59 Å². The van der Waals surface area contributed by atoms with Crippen molar-refractivity contribution in [3.05, 3.63) is 54.1 Å². The Hall–Kier alpha value is -3.15. The number of nitrogens with one attached hydrogen (secondary N) is 1. The molecule has 6 heteroatoms. The van der Waals surface area contributed by atoms with Crippen LogP contribution in [0, 0.1) is 6.92 Å². The normalized spacial score (nSPS) is 14.0. The van der Waals surface area contributed by atoms with E-state index in [1.165, 1.54) is 5.01 Å². The standard InChI is InChI=1S/C20H21N3O3/c1-3-26-17-10-6-15(7-11-17)21-20(25)18-12-13-19(24)23(22-18)16-8-4-14(2)5-9-16/h4-11H,3,12-13H2,1-2H3,(H,21,25). The zero-order chi connectivity index (χ0) is 18.5. The second kappa shape index (κ2) is 7.82. The fourth-order valence-corrected chi connectivity index (χ4v) is 2.61. The molecule has 0 aromatic heterocycles. The van der Waals surface area contributed by atoms with Gasteiger partial charge in [-0.1, -0.05) is 17.7 Å². The molecule has 2 aromatic carbocycles. The van der Waals surface area contributed by atoms with Gasteiger partial charge in [-0.15, -0.1) is 0 Å². The van der Waals surface area contributed by atoms with Crippen molar-refractivity contribution in [2.24, 2.45) is 5.10 Å².